The second kappa shape index (κ2) is 3.43. The normalized spacial score (nSPS) is 35.3. The molecule has 2 unspecified atom stereocenters. The van der Waals surface area contributed by atoms with E-state index in [0.29, 0.717) is 6.04 Å². The van der Waals surface area contributed by atoms with Gasteiger partial charge in [0.1, 0.15) is 0 Å². The van der Waals surface area contributed by atoms with Crippen LogP contribution in [-0.4, -0.2) is 18.5 Å². The first-order chi connectivity index (χ1) is 4.38. The SMILES string of the molecule is CCC1NCCC1CCl. The van der Waals surface area contributed by atoms with Crippen LogP contribution in [0.4, 0.5) is 0 Å². The lowest BCUT2D eigenvalue weighted by Gasteiger charge is -2.13. The fourth-order valence-corrected chi connectivity index (χ4v) is 1.85. The van der Waals surface area contributed by atoms with Gasteiger partial charge in [0.2, 0.25) is 0 Å². The van der Waals surface area contributed by atoms with Crippen LogP contribution in [0.5, 0.6) is 0 Å². The molecule has 0 aliphatic carbocycles. The van der Waals surface area contributed by atoms with Gasteiger partial charge >= 0.3 is 0 Å². The van der Waals surface area contributed by atoms with Crippen molar-refractivity contribution in [1.29, 1.82) is 0 Å². The molecule has 0 radical (unpaired) electrons. The molecule has 1 heterocycles. The Morgan fingerprint density at radius 3 is 2.89 bits per heavy atom. The molecule has 9 heavy (non-hydrogen) atoms. The minimum Gasteiger partial charge on any atom is -0.314 e. The Hall–Kier alpha value is 0.250. The first-order valence-corrected chi connectivity index (χ1v) is 4.21. The monoisotopic (exact) mass is 147 g/mol. The predicted molar refractivity (Wildman–Crippen MR) is 40.9 cm³/mol. The van der Waals surface area contributed by atoms with Gasteiger partial charge in [0.15, 0.2) is 0 Å². The van der Waals surface area contributed by atoms with E-state index in [1.807, 2.05) is 0 Å². The number of hydrogen-bond acceptors (Lipinski definition) is 1. The molecule has 0 saturated carbocycles. The first kappa shape index (κ1) is 7.36. The molecule has 1 aliphatic heterocycles. The largest absolute Gasteiger partial charge is 0.314 e. The topological polar surface area (TPSA) is 12.0 Å². The summed E-state index contributed by atoms with van der Waals surface area (Å²) in [7, 11) is 0. The predicted octanol–water partition coefficient (Wildman–Crippen LogP) is 1.61. The molecule has 2 atom stereocenters. The van der Waals surface area contributed by atoms with Crippen molar-refractivity contribution < 1.29 is 0 Å². The average Bonchev–Trinajstić information content (AvgIpc) is 2.33. The van der Waals surface area contributed by atoms with Crippen LogP contribution in [-0.2, 0) is 0 Å². The van der Waals surface area contributed by atoms with Gasteiger partial charge in [-0.1, -0.05) is 6.92 Å². The molecule has 0 aromatic carbocycles. The zero-order valence-electron chi connectivity index (χ0n) is 5.86. The van der Waals surface area contributed by atoms with Crippen LogP contribution in [0.25, 0.3) is 0 Å². The van der Waals surface area contributed by atoms with Gasteiger partial charge in [0.05, 0.1) is 0 Å². The summed E-state index contributed by atoms with van der Waals surface area (Å²) >= 11 is 5.74. The van der Waals surface area contributed by atoms with Crippen LogP contribution < -0.4 is 5.32 Å². The third-order valence-corrected chi connectivity index (χ3v) is 2.53. The number of hydrogen-bond donors (Lipinski definition) is 1. The summed E-state index contributed by atoms with van der Waals surface area (Å²) in [6.07, 6.45) is 2.49. The second-order valence-electron chi connectivity index (χ2n) is 2.67. The molecule has 54 valence electrons. The molecule has 0 aromatic heterocycles. The second-order valence-corrected chi connectivity index (χ2v) is 2.98. The zero-order valence-corrected chi connectivity index (χ0v) is 6.62. The van der Waals surface area contributed by atoms with Crippen LogP contribution in [0.15, 0.2) is 0 Å². The van der Waals surface area contributed by atoms with Crippen molar-refractivity contribution >= 4 is 11.6 Å². The summed E-state index contributed by atoms with van der Waals surface area (Å²) in [6.45, 7) is 3.37. The fraction of sp³-hybridized carbons (Fsp3) is 1.00. The van der Waals surface area contributed by atoms with Crippen molar-refractivity contribution in [2.24, 2.45) is 5.92 Å². The summed E-state index contributed by atoms with van der Waals surface area (Å²) in [5.41, 5.74) is 0. The number of nitrogens with one attached hydrogen (secondary N) is 1. The molecular formula is C7H14ClN. The fourth-order valence-electron chi connectivity index (χ4n) is 1.48. The van der Waals surface area contributed by atoms with E-state index in [9.17, 15) is 0 Å². The van der Waals surface area contributed by atoms with Gasteiger partial charge in [-0.2, -0.15) is 0 Å². The quantitative estimate of drug-likeness (QED) is 0.586. The summed E-state index contributed by atoms with van der Waals surface area (Å²) < 4.78 is 0. The smallest absolute Gasteiger partial charge is 0.0267 e. The van der Waals surface area contributed by atoms with Crippen LogP contribution in [0.2, 0.25) is 0 Å². The van der Waals surface area contributed by atoms with Crippen LogP contribution in [0.3, 0.4) is 0 Å². The van der Waals surface area contributed by atoms with Gasteiger partial charge < -0.3 is 5.32 Å². The molecule has 1 saturated heterocycles. The maximum atomic E-state index is 5.74. The van der Waals surface area contributed by atoms with Gasteiger partial charge in [-0.3, -0.25) is 0 Å². The van der Waals surface area contributed by atoms with Gasteiger partial charge in [-0.15, -0.1) is 11.6 Å². The highest BCUT2D eigenvalue weighted by molar-refractivity contribution is 6.18. The molecule has 0 bridgehead atoms. The Balaban J connectivity index is 2.32. The molecule has 2 heteroatoms. The first-order valence-electron chi connectivity index (χ1n) is 3.67. The minimum absolute atomic E-state index is 0.697. The lowest BCUT2D eigenvalue weighted by atomic mass is 10.0. The Morgan fingerprint density at radius 2 is 2.44 bits per heavy atom. The lowest BCUT2D eigenvalue weighted by molar-refractivity contribution is 0.474. The Bertz CT molecular complexity index is 75.0. The Morgan fingerprint density at radius 1 is 1.67 bits per heavy atom. The highest BCUT2D eigenvalue weighted by atomic mass is 35.5. The molecule has 1 N–H and O–H groups in total. The van der Waals surface area contributed by atoms with Crippen molar-refractivity contribution in [2.75, 3.05) is 12.4 Å². The molecule has 0 spiro atoms. The van der Waals surface area contributed by atoms with Gasteiger partial charge in [-0.05, 0) is 25.3 Å². The maximum Gasteiger partial charge on any atom is 0.0267 e. The van der Waals surface area contributed by atoms with E-state index in [1.165, 1.54) is 12.8 Å². The van der Waals surface area contributed by atoms with Crippen LogP contribution in [0, 0.1) is 5.92 Å². The van der Waals surface area contributed by atoms with Gasteiger partial charge in [-0.25, -0.2) is 0 Å². The van der Waals surface area contributed by atoms with Crippen molar-refractivity contribution in [2.45, 2.75) is 25.8 Å². The molecule has 1 aliphatic rings. The number of rotatable bonds is 2. The Labute approximate surface area is 61.8 Å². The van der Waals surface area contributed by atoms with E-state index in [-0.39, 0.29) is 0 Å². The highest BCUT2D eigenvalue weighted by Crippen LogP contribution is 2.18. The van der Waals surface area contributed by atoms with E-state index in [4.69, 9.17) is 11.6 Å². The van der Waals surface area contributed by atoms with E-state index in [0.717, 1.165) is 18.3 Å². The maximum absolute atomic E-state index is 5.74. The summed E-state index contributed by atoms with van der Waals surface area (Å²) in [6, 6.07) is 0.697. The molecule has 1 fully saturated rings. The standard InChI is InChI=1S/C7H14ClN/c1-2-7-6(5-8)3-4-9-7/h6-7,9H,2-5H2,1H3. The summed E-state index contributed by atoms with van der Waals surface area (Å²) in [5.74, 6) is 1.56. The minimum atomic E-state index is 0.697. The van der Waals surface area contributed by atoms with Crippen LogP contribution in [0.1, 0.15) is 19.8 Å². The van der Waals surface area contributed by atoms with Gasteiger partial charge in [0.25, 0.3) is 0 Å². The van der Waals surface area contributed by atoms with Gasteiger partial charge in [0, 0.05) is 11.9 Å². The van der Waals surface area contributed by atoms with E-state index < -0.39 is 0 Å². The summed E-state index contributed by atoms with van der Waals surface area (Å²) in [5, 5.41) is 3.42. The molecule has 0 aromatic rings. The van der Waals surface area contributed by atoms with Crippen molar-refractivity contribution in [1.82, 2.24) is 5.32 Å². The Kier molecular flexibility index (Phi) is 2.80. The molecule has 1 nitrogen and oxygen atoms in total. The van der Waals surface area contributed by atoms with E-state index >= 15 is 0 Å². The highest BCUT2D eigenvalue weighted by Gasteiger charge is 2.23. The average molecular weight is 148 g/mol. The lowest BCUT2D eigenvalue weighted by Crippen LogP contribution is -2.26. The number of alkyl halides is 1. The third-order valence-electron chi connectivity index (χ3n) is 2.13. The van der Waals surface area contributed by atoms with Crippen LogP contribution >= 0.6 is 11.6 Å². The van der Waals surface area contributed by atoms with E-state index in [2.05, 4.69) is 12.2 Å². The molecule has 1 rings (SSSR count). The number of halogens is 1. The van der Waals surface area contributed by atoms with Crippen molar-refractivity contribution in [3.8, 4) is 0 Å². The molecule has 0 amide bonds. The summed E-state index contributed by atoms with van der Waals surface area (Å²) in [4.78, 5) is 0. The van der Waals surface area contributed by atoms with E-state index in [1.54, 1.807) is 0 Å². The van der Waals surface area contributed by atoms with Crippen molar-refractivity contribution in [3.63, 3.8) is 0 Å². The van der Waals surface area contributed by atoms with Crippen molar-refractivity contribution in [3.05, 3.63) is 0 Å². The molecular weight excluding hydrogens is 134 g/mol. The third kappa shape index (κ3) is 1.59. The zero-order chi connectivity index (χ0) is 6.69.